The van der Waals surface area contributed by atoms with Crippen LogP contribution in [0.4, 0.5) is 15.0 Å². The van der Waals surface area contributed by atoms with Gasteiger partial charge >= 0.3 is 12.0 Å². The van der Waals surface area contributed by atoms with Crippen LogP contribution in [0.25, 0.3) is 0 Å². The molecule has 13 heteroatoms. The molecule has 2 fully saturated rings. The molecule has 2 aliphatic rings. The minimum Gasteiger partial charge on any atom is -0.466 e. The predicted octanol–water partition coefficient (Wildman–Crippen LogP) is 4.16. The first-order valence-electron chi connectivity index (χ1n) is 12.6. The molecule has 2 heterocycles. The zero-order valence-corrected chi connectivity index (χ0v) is 23.2. The van der Waals surface area contributed by atoms with E-state index in [0.717, 1.165) is 4.47 Å². The molecule has 2 amide bonds. The van der Waals surface area contributed by atoms with Crippen molar-refractivity contribution >= 4 is 39.5 Å². The largest absolute Gasteiger partial charge is 0.466 e. The molecular weight excluding hydrogens is 579 g/mol. The number of nitrogens with zero attached hydrogens (tertiary/aromatic N) is 1. The van der Waals surface area contributed by atoms with E-state index in [2.05, 4.69) is 36.4 Å². The van der Waals surface area contributed by atoms with Crippen LogP contribution in [0.5, 0.6) is 5.75 Å². The number of hydrogen-bond acceptors (Lipinski definition) is 9. The highest BCUT2D eigenvalue weighted by Crippen LogP contribution is 2.47. The molecule has 1 aliphatic heterocycles. The maximum absolute atomic E-state index is 15.2. The zero-order valence-electron chi connectivity index (χ0n) is 21.7. The van der Waals surface area contributed by atoms with E-state index in [9.17, 15) is 14.4 Å². The van der Waals surface area contributed by atoms with Crippen LogP contribution < -0.4 is 21.1 Å². The van der Waals surface area contributed by atoms with Crippen LogP contribution >= 0.6 is 15.9 Å². The number of aromatic nitrogens is 1. The Balaban J connectivity index is 1.48. The lowest BCUT2D eigenvalue weighted by Crippen LogP contribution is -2.58. The molecule has 1 aliphatic carbocycles. The summed E-state index contributed by atoms with van der Waals surface area (Å²) in [5.74, 6) is -2.06. The van der Waals surface area contributed by atoms with E-state index in [1.54, 1.807) is 32.2 Å². The first-order valence-corrected chi connectivity index (χ1v) is 13.3. The average Bonchev–Trinajstić information content (AvgIpc) is 3.61. The molecule has 1 aromatic heterocycles. The molecule has 1 aromatic carbocycles. The van der Waals surface area contributed by atoms with Gasteiger partial charge in [0.05, 0.1) is 5.56 Å². The average molecular weight is 609 g/mol. The molecule has 0 spiro atoms. The van der Waals surface area contributed by atoms with Gasteiger partial charge in [-0.15, -0.1) is 0 Å². The number of carbonyl (C=O) groups is 3. The summed E-state index contributed by atoms with van der Waals surface area (Å²) in [6.45, 7) is 4.80. The summed E-state index contributed by atoms with van der Waals surface area (Å²) in [5, 5.41) is 5.41. The summed E-state index contributed by atoms with van der Waals surface area (Å²) in [6, 6.07) is 5.00. The molecule has 0 radical (unpaired) electrons. The van der Waals surface area contributed by atoms with Crippen LogP contribution in [-0.4, -0.2) is 47.4 Å². The SMILES string of the molecule is CCC(=O)c1ccc(F)c([C@@H]2C[C@@H]2NC(=O)Nc2ccc(Br)cn2)c1OCO[C@H]1OOC(=O)[C@]1(N)[C@@H](C)CC. The van der Waals surface area contributed by atoms with Crippen molar-refractivity contribution < 1.29 is 38.0 Å². The van der Waals surface area contributed by atoms with E-state index in [1.807, 2.05) is 6.92 Å². The van der Waals surface area contributed by atoms with Crippen LogP contribution in [0, 0.1) is 11.7 Å². The minimum absolute atomic E-state index is 0.00235. The summed E-state index contributed by atoms with van der Waals surface area (Å²) < 4.78 is 27.3. The van der Waals surface area contributed by atoms with Crippen molar-refractivity contribution in [1.82, 2.24) is 10.3 Å². The Bertz CT molecular complexity index is 1250. The lowest BCUT2D eigenvalue weighted by atomic mass is 9.84. The molecule has 210 valence electrons. The maximum atomic E-state index is 15.2. The van der Waals surface area contributed by atoms with Gasteiger partial charge in [0.2, 0.25) is 6.29 Å². The van der Waals surface area contributed by atoms with Crippen molar-refractivity contribution in [1.29, 1.82) is 0 Å². The van der Waals surface area contributed by atoms with Gasteiger partial charge in [0.15, 0.2) is 18.1 Å². The maximum Gasteiger partial charge on any atom is 0.367 e. The highest BCUT2D eigenvalue weighted by Gasteiger charge is 2.56. The Labute approximate surface area is 233 Å². The van der Waals surface area contributed by atoms with Gasteiger partial charge in [-0.1, -0.05) is 27.2 Å². The number of amides is 2. The molecule has 0 bridgehead atoms. The number of urea groups is 1. The number of nitrogens with two attached hydrogens (primary N) is 1. The number of anilines is 1. The Hall–Kier alpha value is -3.13. The lowest BCUT2D eigenvalue weighted by molar-refractivity contribution is -0.327. The zero-order chi connectivity index (χ0) is 28.3. The van der Waals surface area contributed by atoms with Crippen LogP contribution in [-0.2, 0) is 19.3 Å². The van der Waals surface area contributed by atoms with Crippen LogP contribution in [0.1, 0.15) is 61.9 Å². The number of benzene rings is 1. The number of halogens is 2. The van der Waals surface area contributed by atoms with Gasteiger partial charge < -0.3 is 20.5 Å². The topological polar surface area (TPSA) is 151 Å². The highest BCUT2D eigenvalue weighted by molar-refractivity contribution is 9.10. The van der Waals surface area contributed by atoms with E-state index in [4.69, 9.17) is 20.1 Å². The summed E-state index contributed by atoms with van der Waals surface area (Å²) in [4.78, 5) is 51.1. The fraction of sp³-hybridized carbons (Fsp3) is 0.462. The van der Waals surface area contributed by atoms with Crippen molar-refractivity contribution in [2.24, 2.45) is 11.7 Å². The van der Waals surface area contributed by atoms with E-state index in [1.165, 1.54) is 12.1 Å². The minimum atomic E-state index is -1.56. The number of rotatable bonds is 11. The van der Waals surface area contributed by atoms with Gasteiger partial charge in [-0.05, 0) is 52.5 Å². The second-order valence-electron chi connectivity index (χ2n) is 9.49. The number of carbonyl (C=O) groups excluding carboxylic acids is 3. The summed E-state index contributed by atoms with van der Waals surface area (Å²) in [7, 11) is 0. The van der Waals surface area contributed by atoms with Crippen LogP contribution in [0.2, 0.25) is 0 Å². The van der Waals surface area contributed by atoms with Crippen LogP contribution in [0.15, 0.2) is 34.9 Å². The second kappa shape index (κ2) is 11.9. The lowest BCUT2D eigenvalue weighted by Gasteiger charge is -2.29. The predicted molar refractivity (Wildman–Crippen MR) is 140 cm³/mol. The van der Waals surface area contributed by atoms with Crippen molar-refractivity contribution in [3.63, 3.8) is 0 Å². The standard InChI is InChI=1S/C26H30BrFN4O7/c1-4-13(3)26(29)23(34)38-39-24(26)37-12-36-22-15(19(33)5-2)7-8-17(28)21(22)16-10-18(16)31-25(35)32-20-9-6-14(27)11-30-20/h6-9,11,13,16,18,24H,4-5,10,12,29H2,1-3H3,(H2,30,31,32,35)/t13-,16+,18-,24-,26+/m0/s1. The Morgan fingerprint density at radius 2 is 2.08 bits per heavy atom. The highest BCUT2D eigenvalue weighted by atomic mass is 79.9. The molecule has 1 saturated carbocycles. The summed E-state index contributed by atoms with van der Waals surface area (Å²) in [5.41, 5.74) is 5.03. The number of nitrogens with one attached hydrogen (secondary N) is 2. The normalized spacial score (nSPS) is 24.6. The van der Waals surface area contributed by atoms with Crippen LogP contribution in [0.3, 0.4) is 0 Å². The van der Waals surface area contributed by atoms with Crippen molar-refractivity contribution in [3.05, 3.63) is 51.9 Å². The van der Waals surface area contributed by atoms with E-state index in [-0.39, 0.29) is 35.0 Å². The third-order valence-corrected chi connectivity index (χ3v) is 7.49. The third kappa shape index (κ3) is 6.06. The quantitative estimate of drug-likeness (QED) is 0.194. The van der Waals surface area contributed by atoms with Crippen molar-refractivity contribution in [2.75, 3.05) is 12.1 Å². The van der Waals surface area contributed by atoms with E-state index in [0.29, 0.717) is 18.7 Å². The monoisotopic (exact) mass is 608 g/mol. The first kappa shape index (κ1) is 28.9. The smallest absolute Gasteiger partial charge is 0.367 e. The summed E-state index contributed by atoms with van der Waals surface area (Å²) >= 11 is 3.28. The number of Topliss-reactive ketones (excluding diaryl/α,β-unsaturated/α-hetero) is 1. The number of ether oxygens (including phenoxy) is 2. The summed E-state index contributed by atoms with van der Waals surface area (Å²) in [6.07, 6.45) is 1.41. The van der Waals surface area contributed by atoms with Gasteiger partial charge in [0, 0.05) is 34.6 Å². The molecular formula is C26H30BrFN4O7. The van der Waals surface area contributed by atoms with Crippen molar-refractivity contribution in [2.45, 2.75) is 63.8 Å². The van der Waals surface area contributed by atoms with E-state index < -0.39 is 48.4 Å². The van der Waals surface area contributed by atoms with Gasteiger partial charge in [-0.25, -0.2) is 19.0 Å². The van der Waals surface area contributed by atoms with Gasteiger partial charge in [-0.3, -0.25) is 15.0 Å². The fourth-order valence-electron chi connectivity index (χ4n) is 4.36. The number of pyridine rings is 1. The van der Waals surface area contributed by atoms with Crippen molar-refractivity contribution in [3.8, 4) is 5.75 Å². The molecule has 5 atom stereocenters. The Morgan fingerprint density at radius 1 is 1.31 bits per heavy atom. The molecule has 39 heavy (non-hydrogen) atoms. The molecule has 1 saturated heterocycles. The van der Waals surface area contributed by atoms with Gasteiger partial charge in [-0.2, -0.15) is 4.89 Å². The van der Waals surface area contributed by atoms with E-state index >= 15 is 4.39 Å². The van der Waals surface area contributed by atoms with Gasteiger partial charge in [0.1, 0.15) is 17.4 Å². The molecule has 4 N–H and O–H groups in total. The Morgan fingerprint density at radius 3 is 2.74 bits per heavy atom. The second-order valence-corrected chi connectivity index (χ2v) is 10.4. The number of ketones is 1. The first-order chi connectivity index (χ1) is 18.6. The van der Waals surface area contributed by atoms with Gasteiger partial charge in [0.25, 0.3) is 0 Å². The third-order valence-electron chi connectivity index (χ3n) is 7.02. The molecule has 11 nitrogen and oxygen atoms in total. The molecule has 2 aromatic rings. The fourth-order valence-corrected chi connectivity index (χ4v) is 4.59. The molecule has 4 rings (SSSR count). The molecule has 0 unspecified atom stereocenters. The number of hydrogen-bond donors (Lipinski definition) is 3. The Kier molecular flexibility index (Phi) is 8.84.